The van der Waals surface area contributed by atoms with E-state index in [1.54, 1.807) is 11.3 Å². The Morgan fingerprint density at radius 3 is 3.05 bits per heavy atom. The summed E-state index contributed by atoms with van der Waals surface area (Å²) in [6.07, 6.45) is 4.92. The van der Waals surface area contributed by atoms with Gasteiger partial charge in [0, 0.05) is 11.9 Å². The molecule has 2 heterocycles. The van der Waals surface area contributed by atoms with Crippen molar-refractivity contribution in [2.75, 3.05) is 6.54 Å². The molecule has 2 rings (SSSR count). The Balaban J connectivity index is 2.08. The molecule has 0 aliphatic carbocycles. The number of aryl methyl sites for hydroxylation is 1. The third kappa shape index (κ3) is 3.15. The maximum atomic E-state index is 11.5. The van der Waals surface area contributed by atoms with Gasteiger partial charge in [0.05, 0.1) is 10.7 Å². The maximum Gasteiger partial charge on any atom is 0.323 e. The average molecular weight is 282 g/mol. The number of carboxylic acid groups (broad SMARTS) is 1. The van der Waals surface area contributed by atoms with Gasteiger partial charge in [-0.25, -0.2) is 4.98 Å². The topological polar surface area (TPSA) is 53.4 Å². The molecule has 1 aliphatic rings. The summed E-state index contributed by atoms with van der Waals surface area (Å²) in [6.45, 7) is 5.49. The molecular weight excluding hydrogens is 260 g/mol. The van der Waals surface area contributed by atoms with Gasteiger partial charge < -0.3 is 5.11 Å². The van der Waals surface area contributed by atoms with Crippen LogP contribution in [0.5, 0.6) is 0 Å². The second-order valence-electron chi connectivity index (χ2n) is 5.44. The molecule has 1 atom stereocenters. The molecule has 1 saturated heterocycles. The molecule has 5 heteroatoms. The van der Waals surface area contributed by atoms with E-state index in [-0.39, 0.29) is 0 Å². The van der Waals surface area contributed by atoms with Crippen LogP contribution in [-0.2, 0) is 17.8 Å². The van der Waals surface area contributed by atoms with Gasteiger partial charge in [-0.05, 0) is 45.6 Å². The number of thiazole rings is 1. The van der Waals surface area contributed by atoms with Crippen LogP contribution >= 0.6 is 11.3 Å². The van der Waals surface area contributed by atoms with Gasteiger partial charge in [-0.2, -0.15) is 0 Å². The van der Waals surface area contributed by atoms with Gasteiger partial charge in [-0.3, -0.25) is 9.69 Å². The molecule has 0 bridgehead atoms. The van der Waals surface area contributed by atoms with E-state index in [9.17, 15) is 9.90 Å². The lowest BCUT2D eigenvalue weighted by atomic mass is 9.88. The van der Waals surface area contributed by atoms with Crippen molar-refractivity contribution < 1.29 is 9.90 Å². The van der Waals surface area contributed by atoms with Crippen molar-refractivity contribution in [3.05, 3.63) is 16.1 Å². The molecule has 0 aromatic carbocycles. The predicted molar refractivity (Wildman–Crippen MR) is 76.4 cm³/mol. The van der Waals surface area contributed by atoms with Crippen LogP contribution in [0.15, 0.2) is 5.38 Å². The normalized spacial score (nSPS) is 24.5. The third-order valence-electron chi connectivity index (χ3n) is 3.92. The van der Waals surface area contributed by atoms with Crippen LogP contribution in [0.25, 0.3) is 0 Å². The van der Waals surface area contributed by atoms with Crippen molar-refractivity contribution in [2.45, 2.75) is 58.0 Å². The number of hydrogen-bond acceptors (Lipinski definition) is 4. The second-order valence-corrected chi connectivity index (χ2v) is 6.38. The van der Waals surface area contributed by atoms with Gasteiger partial charge in [0.1, 0.15) is 5.54 Å². The summed E-state index contributed by atoms with van der Waals surface area (Å²) in [5.41, 5.74) is 0.287. The minimum Gasteiger partial charge on any atom is -0.480 e. The monoisotopic (exact) mass is 282 g/mol. The molecule has 4 nitrogen and oxygen atoms in total. The van der Waals surface area contributed by atoms with Crippen LogP contribution in [0.1, 0.15) is 50.2 Å². The molecule has 1 N–H and O–H groups in total. The van der Waals surface area contributed by atoms with E-state index in [0.717, 1.165) is 49.4 Å². The van der Waals surface area contributed by atoms with Gasteiger partial charge in [-0.15, -0.1) is 11.3 Å². The zero-order valence-electron chi connectivity index (χ0n) is 11.7. The van der Waals surface area contributed by atoms with Crippen LogP contribution in [0.2, 0.25) is 0 Å². The molecule has 1 aromatic heterocycles. The van der Waals surface area contributed by atoms with Gasteiger partial charge >= 0.3 is 5.97 Å². The molecule has 1 unspecified atom stereocenters. The van der Waals surface area contributed by atoms with Crippen LogP contribution in [0, 0.1) is 0 Å². The van der Waals surface area contributed by atoms with Crippen LogP contribution in [0.4, 0.5) is 0 Å². The molecule has 0 saturated carbocycles. The molecule has 0 radical (unpaired) electrons. The smallest absolute Gasteiger partial charge is 0.323 e. The number of carboxylic acids is 1. The average Bonchev–Trinajstić information content (AvgIpc) is 2.80. The standard InChI is InChI=1S/C14H22N2O2S/c1-3-6-12-15-11(10-19-12)9-16-8-5-4-7-14(16,2)13(17)18/h10H,3-9H2,1-2H3,(H,17,18). The number of carbonyl (C=O) groups is 1. The Morgan fingerprint density at radius 2 is 2.37 bits per heavy atom. The molecule has 1 aliphatic heterocycles. The molecule has 1 fully saturated rings. The SMILES string of the molecule is CCCc1nc(CN2CCCCC2(C)C(=O)O)cs1. The van der Waals surface area contributed by atoms with E-state index >= 15 is 0 Å². The minimum absolute atomic E-state index is 0.656. The van der Waals surface area contributed by atoms with Gasteiger partial charge in [0.25, 0.3) is 0 Å². The zero-order chi connectivity index (χ0) is 13.9. The van der Waals surface area contributed by atoms with Crippen LogP contribution in [0.3, 0.4) is 0 Å². The Bertz CT molecular complexity index is 446. The molecule has 106 valence electrons. The summed E-state index contributed by atoms with van der Waals surface area (Å²) < 4.78 is 0. The summed E-state index contributed by atoms with van der Waals surface area (Å²) in [4.78, 5) is 18.2. The van der Waals surface area contributed by atoms with E-state index in [2.05, 4.69) is 22.2 Å². The van der Waals surface area contributed by atoms with E-state index in [4.69, 9.17) is 0 Å². The molecular formula is C14H22N2O2S. The fourth-order valence-corrected chi connectivity index (χ4v) is 3.51. The van der Waals surface area contributed by atoms with Crippen molar-refractivity contribution in [3.8, 4) is 0 Å². The Morgan fingerprint density at radius 1 is 1.58 bits per heavy atom. The number of aliphatic carboxylic acids is 1. The summed E-state index contributed by atoms with van der Waals surface area (Å²) in [5, 5.41) is 12.7. The minimum atomic E-state index is -0.729. The molecule has 19 heavy (non-hydrogen) atoms. The third-order valence-corrected chi connectivity index (χ3v) is 4.87. The Kier molecular flexibility index (Phi) is 4.58. The lowest BCUT2D eigenvalue weighted by Gasteiger charge is -2.41. The van der Waals surface area contributed by atoms with Crippen LogP contribution < -0.4 is 0 Å². The van der Waals surface area contributed by atoms with E-state index < -0.39 is 11.5 Å². The highest BCUT2D eigenvalue weighted by atomic mass is 32.1. The lowest BCUT2D eigenvalue weighted by Crippen LogP contribution is -2.54. The van der Waals surface area contributed by atoms with Crippen molar-refractivity contribution in [1.82, 2.24) is 9.88 Å². The number of piperidine rings is 1. The van der Waals surface area contributed by atoms with E-state index in [1.807, 2.05) is 6.92 Å². The van der Waals surface area contributed by atoms with Crippen molar-refractivity contribution >= 4 is 17.3 Å². The molecule has 0 spiro atoms. The fraction of sp³-hybridized carbons (Fsp3) is 0.714. The highest BCUT2D eigenvalue weighted by molar-refractivity contribution is 7.09. The highest BCUT2D eigenvalue weighted by Gasteiger charge is 2.41. The number of likely N-dealkylation sites (tertiary alicyclic amines) is 1. The number of aromatic nitrogens is 1. The lowest BCUT2D eigenvalue weighted by molar-refractivity contribution is -0.153. The van der Waals surface area contributed by atoms with Crippen molar-refractivity contribution in [1.29, 1.82) is 0 Å². The first kappa shape index (κ1) is 14.5. The quantitative estimate of drug-likeness (QED) is 0.902. The van der Waals surface area contributed by atoms with Gasteiger partial charge in [-0.1, -0.05) is 6.92 Å². The largest absolute Gasteiger partial charge is 0.480 e. The summed E-state index contributed by atoms with van der Waals surface area (Å²) >= 11 is 1.69. The Labute approximate surface area is 118 Å². The van der Waals surface area contributed by atoms with E-state index in [0.29, 0.717) is 6.54 Å². The summed E-state index contributed by atoms with van der Waals surface area (Å²) in [5.74, 6) is -0.712. The Hall–Kier alpha value is -0.940. The number of hydrogen-bond donors (Lipinski definition) is 1. The van der Waals surface area contributed by atoms with Crippen molar-refractivity contribution in [3.63, 3.8) is 0 Å². The van der Waals surface area contributed by atoms with Gasteiger partial charge in [0.15, 0.2) is 0 Å². The first-order valence-corrected chi connectivity index (χ1v) is 7.86. The summed E-state index contributed by atoms with van der Waals surface area (Å²) in [6, 6.07) is 0. The van der Waals surface area contributed by atoms with Gasteiger partial charge in [0.2, 0.25) is 0 Å². The van der Waals surface area contributed by atoms with Crippen molar-refractivity contribution in [2.24, 2.45) is 0 Å². The maximum absolute atomic E-state index is 11.5. The zero-order valence-corrected chi connectivity index (χ0v) is 12.5. The highest BCUT2D eigenvalue weighted by Crippen LogP contribution is 2.30. The molecule has 0 amide bonds. The number of rotatable bonds is 5. The second kappa shape index (κ2) is 6.01. The first-order valence-electron chi connectivity index (χ1n) is 6.98. The fourth-order valence-electron chi connectivity index (χ4n) is 2.62. The summed E-state index contributed by atoms with van der Waals surface area (Å²) in [7, 11) is 0. The first-order chi connectivity index (χ1) is 9.06. The van der Waals surface area contributed by atoms with E-state index in [1.165, 1.54) is 0 Å². The predicted octanol–water partition coefficient (Wildman–Crippen LogP) is 2.92. The van der Waals surface area contributed by atoms with Crippen LogP contribution in [-0.4, -0.2) is 33.0 Å². The number of nitrogens with zero attached hydrogens (tertiary/aromatic N) is 2. The molecule has 1 aromatic rings.